The highest BCUT2D eigenvalue weighted by Gasteiger charge is 2.25. The molecule has 3 aromatic rings. The molecule has 2 aromatic carbocycles. The predicted molar refractivity (Wildman–Crippen MR) is 127 cm³/mol. The molecule has 0 radical (unpaired) electrons. The monoisotopic (exact) mass is 429 g/mol. The second-order valence-corrected chi connectivity index (χ2v) is 9.23. The largest absolute Gasteiger partial charge is 0.341 e. The molecule has 6 nitrogen and oxygen atoms in total. The molecule has 5 rings (SSSR count). The normalized spacial score (nSPS) is 15.8. The van der Waals surface area contributed by atoms with Gasteiger partial charge in [-0.3, -0.25) is 9.89 Å². The van der Waals surface area contributed by atoms with Crippen LogP contribution in [0.1, 0.15) is 29.5 Å². The molecule has 166 valence electrons. The van der Waals surface area contributed by atoms with E-state index in [0.29, 0.717) is 12.6 Å². The first-order chi connectivity index (χ1) is 15.6. The van der Waals surface area contributed by atoms with Gasteiger partial charge in [-0.25, -0.2) is 0 Å². The summed E-state index contributed by atoms with van der Waals surface area (Å²) >= 11 is 0. The maximum atomic E-state index is 12.2. The standard InChI is InChI=1S/C26H31N5O/c1-30(2)17-24(32)31-13-11-21(12-14-31)27-16-18-7-9-19(10-8-18)25-23-15-20-5-3-4-6-22(20)26(23)29-28-25/h3-10,21,27H,11-17H2,1-2H3,(H,28,29). The van der Waals surface area contributed by atoms with Crippen LogP contribution in [0.3, 0.4) is 0 Å². The van der Waals surface area contributed by atoms with Gasteiger partial charge in [0.15, 0.2) is 0 Å². The molecule has 1 fully saturated rings. The van der Waals surface area contributed by atoms with Crippen molar-refractivity contribution in [3.63, 3.8) is 0 Å². The summed E-state index contributed by atoms with van der Waals surface area (Å²) in [6.45, 7) is 3.03. The SMILES string of the molecule is CN(C)CC(=O)N1CCC(NCc2ccc(-c3n[nH]c4c3Cc3ccccc3-4)cc2)CC1. The van der Waals surface area contributed by atoms with Gasteiger partial charge in [0.1, 0.15) is 0 Å². The molecule has 1 aromatic heterocycles. The smallest absolute Gasteiger partial charge is 0.236 e. The molecule has 0 saturated carbocycles. The summed E-state index contributed by atoms with van der Waals surface area (Å²) in [6.07, 6.45) is 2.96. The highest BCUT2D eigenvalue weighted by atomic mass is 16.2. The van der Waals surface area contributed by atoms with Gasteiger partial charge in [-0.2, -0.15) is 5.10 Å². The number of aromatic amines is 1. The van der Waals surface area contributed by atoms with Crippen molar-refractivity contribution in [1.29, 1.82) is 0 Å². The van der Waals surface area contributed by atoms with E-state index in [1.54, 1.807) is 0 Å². The lowest BCUT2D eigenvalue weighted by molar-refractivity contribution is -0.132. The lowest BCUT2D eigenvalue weighted by Gasteiger charge is -2.33. The Morgan fingerprint density at radius 1 is 1.12 bits per heavy atom. The summed E-state index contributed by atoms with van der Waals surface area (Å²) in [6, 6.07) is 17.8. The van der Waals surface area contributed by atoms with Crippen LogP contribution in [-0.4, -0.2) is 65.7 Å². The highest BCUT2D eigenvalue weighted by molar-refractivity contribution is 5.81. The van der Waals surface area contributed by atoms with Crippen LogP contribution in [0, 0.1) is 0 Å². The van der Waals surface area contributed by atoms with Crippen molar-refractivity contribution in [1.82, 2.24) is 25.3 Å². The Labute approximate surface area is 189 Å². The number of rotatable bonds is 6. The lowest BCUT2D eigenvalue weighted by atomic mass is 10.0. The third-order valence-corrected chi connectivity index (χ3v) is 6.64. The van der Waals surface area contributed by atoms with Gasteiger partial charge in [-0.15, -0.1) is 0 Å². The van der Waals surface area contributed by atoms with Crippen LogP contribution < -0.4 is 5.32 Å². The second kappa shape index (κ2) is 8.88. The number of amides is 1. The van der Waals surface area contributed by atoms with E-state index in [-0.39, 0.29) is 5.91 Å². The molecule has 2 N–H and O–H groups in total. The minimum atomic E-state index is 0.233. The topological polar surface area (TPSA) is 64.3 Å². The Kier molecular flexibility index (Phi) is 5.81. The van der Waals surface area contributed by atoms with Crippen LogP contribution in [0.5, 0.6) is 0 Å². The van der Waals surface area contributed by atoms with Gasteiger partial charge in [0, 0.05) is 48.8 Å². The van der Waals surface area contributed by atoms with Crippen molar-refractivity contribution in [2.75, 3.05) is 33.7 Å². The van der Waals surface area contributed by atoms with Gasteiger partial charge in [0.05, 0.1) is 17.9 Å². The number of H-pyrrole nitrogens is 1. The Hall–Kier alpha value is -2.96. The quantitative estimate of drug-likeness (QED) is 0.494. The van der Waals surface area contributed by atoms with Crippen molar-refractivity contribution in [2.45, 2.75) is 31.8 Å². The number of piperidine rings is 1. The first-order valence-electron chi connectivity index (χ1n) is 11.5. The first-order valence-corrected chi connectivity index (χ1v) is 11.5. The molecule has 0 spiro atoms. The first kappa shape index (κ1) is 20.9. The molecule has 1 aliphatic heterocycles. The average molecular weight is 430 g/mol. The molecular formula is C26H31N5O. The van der Waals surface area contributed by atoms with Crippen molar-refractivity contribution in [3.8, 4) is 22.5 Å². The second-order valence-electron chi connectivity index (χ2n) is 9.23. The zero-order valence-corrected chi connectivity index (χ0v) is 18.9. The summed E-state index contributed by atoms with van der Waals surface area (Å²) in [5, 5.41) is 11.5. The average Bonchev–Trinajstić information content (AvgIpc) is 3.37. The minimum Gasteiger partial charge on any atom is -0.341 e. The van der Waals surface area contributed by atoms with E-state index < -0.39 is 0 Å². The Bertz CT molecular complexity index is 1090. The summed E-state index contributed by atoms with van der Waals surface area (Å²) in [5.41, 5.74) is 8.60. The Balaban J connectivity index is 1.16. The number of likely N-dealkylation sites (N-methyl/N-ethyl adjacent to an activating group) is 1. The van der Waals surface area contributed by atoms with E-state index in [1.165, 1.54) is 22.3 Å². The number of fused-ring (bicyclic) bond motifs is 3. The lowest BCUT2D eigenvalue weighted by Crippen LogP contribution is -2.47. The third-order valence-electron chi connectivity index (χ3n) is 6.64. The number of aromatic nitrogens is 2. The molecule has 1 aliphatic carbocycles. The predicted octanol–water partition coefficient (Wildman–Crippen LogP) is 3.29. The van der Waals surface area contributed by atoms with Crippen LogP contribution in [-0.2, 0) is 17.8 Å². The van der Waals surface area contributed by atoms with E-state index >= 15 is 0 Å². The molecule has 0 bridgehead atoms. The fraction of sp³-hybridized carbons (Fsp3) is 0.385. The van der Waals surface area contributed by atoms with Gasteiger partial charge >= 0.3 is 0 Å². The van der Waals surface area contributed by atoms with Gasteiger partial charge in [0.2, 0.25) is 5.91 Å². The van der Waals surface area contributed by atoms with Crippen LogP contribution in [0.25, 0.3) is 22.5 Å². The van der Waals surface area contributed by atoms with E-state index in [9.17, 15) is 4.79 Å². The minimum absolute atomic E-state index is 0.233. The van der Waals surface area contributed by atoms with E-state index in [0.717, 1.165) is 55.8 Å². The van der Waals surface area contributed by atoms with E-state index in [1.807, 2.05) is 23.9 Å². The molecule has 2 aliphatic rings. The molecule has 1 saturated heterocycles. The summed E-state index contributed by atoms with van der Waals surface area (Å²) < 4.78 is 0. The van der Waals surface area contributed by atoms with Crippen molar-refractivity contribution >= 4 is 5.91 Å². The molecule has 0 atom stereocenters. The maximum Gasteiger partial charge on any atom is 0.236 e. The highest BCUT2D eigenvalue weighted by Crippen LogP contribution is 2.39. The number of carbonyl (C=O) groups excluding carboxylic acids is 1. The Morgan fingerprint density at radius 3 is 2.62 bits per heavy atom. The molecule has 6 heteroatoms. The summed E-state index contributed by atoms with van der Waals surface area (Å²) in [5.74, 6) is 0.233. The van der Waals surface area contributed by atoms with E-state index in [2.05, 4.69) is 64.0 Å². The van der Waals surface area contributed by atoms with Gasteiger partial charge in [-0.1, -0.05) is 48.5 Å². The van der Waals surface area contributed by atoms with Crippen LogP contribution in [0.4, 0.5) is 0 Å². The third kappa shape index (κ3) is 4.20. The fourth-order valence-electron chi connectivity index (χ4n) is 4.85. The summed E-state index contributed by atoms with van der Waals surface area (Å²) in [7, 11) is 3.88. The van der Waals surface area contributed by atoms with Crippen LogP contribution >= 0.6 is 0 Å². The zero-order chi connectivity index (χ0) is 22.1. The van der Waals surface area contributed by atoms with Crippen molar-refractivity contribution < 1.29 is 4.79 Å². The van der Waals surface area contributed by atoms with Crippen LogP contribution in [0.2, 0.25) is 0 Å². The zero-order valence-electron chi connectivity index (χ0n) is 18.9. The molecular weight excluding hydrogens is 398 g/mol. The van der Waals surface area contributed by atoms with Gasteiger partial charge in [0.25, 0.3) is 0 Å². The van der Waals surface area contributed by atoms with Gasteiger partial charge in [-0.05, 0) is 38.1 Å². The van der Waals surface area contributed by atoms with Crippen LogP contribution in [0.15, 0.2) is 48.5 Å². The molecule has 2 heterocycles. The number of hydrogen-bond donors (Lipinski definition) is 2. The number of nitrogens with zero attached hydrogens (tertiary/aromatic N) is 3. The van der Waals surface area contributed by atoms with E-state index in [4.69, 9.17) is 0 Å². The number of carbonyl (C=O) groups is 1. The molecule has 0 unspecified atom stereocenters. The Morgan fingerprint density at radius 2 is 1.88 bits per heavy atom. The van der Waals surface area contributed by atoms with Gasteiger partial charge < -0.3 is 15.1 Å². The van der Waals surface area contributed by atoms with Crippen molar-refractivity contribution in [2.24, 2.45) is 0 Å². The molecule has 1 amide bonds. The number of likely N-dealkylation sites (tertiary alicyclic amines) is 1. The summed E-state index contributed by atoms with van der Waals surface area (Å²) in [4.78, 5) is 16.1. The van der Waals surface area contributed by atoms with Crippen molar-refractivity contribution in [3.05, 3.63) is 65.2 Å². The number of nitrogens with one attached hydrogen (secondary N) is 2. The number of benzene rings is 2. The fourth-order valence-corrected chi connectivity index (χ4v) is 4.85. The maximum absolute atomic E-state index is 12.2. The molecule has 32 heavy (non-hydrogen) atoms. The number of hydrogen-bond acceptors (Lipinski definition) is 4.